The molecule has 2 aromatic rings. The van der Waals surface area contributed by atoms with Crippen LogP contribution in [0.5, 0.6) is 0 Å². The predicted molar refractivity (Wildman–Crippen MR) is 81.7 cm³/mol. The third-order valence-electron chi connectivity index (χ3n) is 4.03. The van der Waals surface area contributed by atoms with E-state index in [1.807, 2.05) is 6.20 Å². The summed E-state index contributed by atoms with van der Waals surface area (Å²) in [5.41, 5.74) is 4.65. The van der Waals surface area contributed by atoms with Crippen molar-refractivity contribution in [3.05, 3.63) is 47.9 Å². The minimum Gasteiger partial charge on any atom is -0.306 e. The van der Waals surface area contributed by atoms with Crippen molar-refractivity contribution in [2.24, 2.45) is 0 Å². The van der Waals surface area contributed by atoms with E-state index in [0.29, 0.717) is 5.92 Å². The fourth-order valence-corrected chi connectivity index (χ4v) is 3.05. The van der Waals surface area contributed by atoms with Crippen LogP contribution in [-0.2, 0) is 0 Å². The van der Waals surface area contributed by atoms with Crippen LogP contribution in [-0.4, -0.2) is 35.0 Å². The Balaban J connectivity index is 2.00. The summed E-state index contributed by atoms with van der Waals surface area (Å²) < 4.78 is 0. The van der Waals surface area contributed by atoms with E-state index >= 15 is 0 Å². The molecule has 1 aliphatic rings. The Morgan fingerprint density at radius 1 is 1.20 bits per heavy atom. The quantitative estimate of drug-likeness (QED) is 0.836. The Labute approximate surface area is 120 Å². The SMILES string of the molecule is Cc1cccc(-c2nccnc2[C@H]2CCCN(C)C2)c1. The molecule has 1 aromatic heterocycles. The highest BCUT2D eigenvalue weighted by molar-refractivity contribution is 5.63. The minimum atomic E-state index is 0.498. The first kappa shape index (κ1) is 13.3. The number of nitrogens with zero attached hydrogens (tertiary/aromatic N) is 3. The summed E-state index contributed by atoms with van der Waals surface area (Å²) in [5.74, 6) is 0.498. The third-order valence-corrected chi connectivity index (χ3v) is 4.03. The van der Waals surface area contributed by atoms with Crippen molar-refractivity contribution < 1.29 is 0 Å². The van der Waals surface area contributed by atoms with Gasteiger partial charge in [0.05, 0.1) is 11.4 Å². The number of aryl methyl sites for hydroxylation is 1. The lowest BCUT2D eigenvalue weighted by Gasteiger charge is -2.30. The monoisotopic (exact) mass is 267 g/mol. The summed E-state index contributed by atoms with van der Waals surface area (Å²) in [6, 6.07) is 8.54. The second kappa shape index (κ2) is 5.71. The Bertz CT molecular complexity index is 594. The van der Waals surface area contributed by atoms with Gasteiger partial charge in [-0.05, 0) is 39.4 Å². The molecule has 1 atom stereocenters. The molecule has 1 aromatic carbocycles. The maximum Gasteiger partial charge on any atom is 0.0920 e. The van der Waals surface area contributed by atoms with Gasteiger partial charge in [0.25, 0.3) is 0 Å². The first-order valence-corrected chi connectivity index (χ1v) is 7.30. The van der Waals surface area contributed by atoms with Gasteiger partial charge in [-0.15, -0.1) is 0 Å². The molecule has 0 spiro atoms. The van der Waals surface area contributed by atoms with Crippen LogP contribution >= 0.6 is 0 Å². The van der Waals surface area contributed by atoms with Crippen LogP contribution in [0.4, 0.5) is 0 Å². The van der Waals surface area contributed by atoms with Crippen molar-refractivity contribution >= 4 is 0 Å². The Morgan fingerprint density at radius 3 is 2.85 bits per heavy atom. The number of hydrogen-bond acceptors (Lipinski definition) is 3. The normalized spacial score (nSPS) is 20.0. The van der Waals surface area contributed by atoms with E-state index in [4.69, 9.17) is 0 Å². The summed E-state index contributed by atoms with van der Waals surface area (Å²) in [7, 11) is 2.19. The van der Waals surface area contributed by atoms with Crippen molar-refractivity contribution in [3.63, 3.8) is 0 Å². The molecular weight excluding hydrogens is 246 g/mol. The van der Waals surface area contributed by atoms with E-state index in [0.717, 1.165) is 17.9 Å². The van der Waals surface area contributed by atoms with E-state index in [9.17, 15) is 0 Å². The molecule has 1 saturated heterocycles. The lowest BCUT2D eigenvalue weighted by molar-refractivity contribution is 0.248. The van der Waals surface area contributed by atoms with Crippen LogP contribution in [0.25, 0.3) is 11.3 Å². The fourth-order valence-electron chi connectivity index (χ4n) is 3.05. The lowest BCUT2D eigenvalue weighted by atomic mass is 9.91. The second-order valence-electron chi connectivity index (χ2n) is 5.76. The first-order chi connectivity index (χ1) is 9.74. The molecule has 3 nitrogen and oxygen atoms in total. The van der Waals surface area contributed by atoms with Crippen molar-refractivity contribution in [2.75, 3.05) is 20.1 Å². The molecule has 3 heteroatoms. The van der Waals surface area contributed by atoms with Gasteiger partial charge in [0.15, 0.2) is 0 Å². The Hall–Kier alpha value is -1.74. The maximum absolute atomic E-state index is 4.65. The minimum absolute atomic E-state index is 0.498. The van der Waals surface area contributed by atoms with Gasteiger partial charge in [-0.25, -0.2) is 0 Å². The highest BCUT2D eigenvalue weighted by atomic mass is 15.1. The van der Waals surface area contributed by atoms with Crippen LogP contribution in [0, 0.1) is 6.92 Å². The molecular formula is C17H21N3. The second-order valence-corrected chi connectivity index (χ2v) is 5.76. The van der Waals surface area contributed by atoms with Gasteiger partial charge in [-0.3, -0.25) is 9.97 Å². The number of likely N-dealkylation sites (N-methyl/N-ethyl adjacent to an activating group) is 1. The predicted octanol–water partition coefficient (Wildman–Crippen LogP) is 3.26. The smallest absolute Gasteiger partial charge is 0.0920 e. The number of likely N-dealkylation sites (tertiary alicyclic amines) is 1. The fraction of sp³-hybridized carbons (Fsp3) is 0.412. The molecule has 0 aliphatic carbocycles. The van der Waals surface area contributed by atoms with Gasteiger partial charge >= 0.3 is 0 Å². The molecule has 2 heterocycles. The number of benzene rings is 1. The van der Waals surface area contributed by atoms with Gasteiger partial charge in [0.1, 0.15) is 0 Å². The number of hydrogen-bond donors (Lipinski definition) is 0. The summed E-state index contributed by atoms with van der Waals surface area (Å²) in [4.78, 5) is 11.7. The maximum atomic E-state index is 4.65. The van der Waals surface area contributed by atoms with Crippen molar-refractivity contribution in [1.29, 1.82) is 0 Å². The van der Waals surface area contributed by atoms with Gasteiger partial charge in [-0.1, -0.05) is 23.8 Å². The van der Waals surface area contributed by atoms with Gasteiger partial charge in [-0.2, -0.15) is 0 Å². The largest absolute Gasteiger partial charge is 0.306 e. The molecule has 0 amide bonds. The number of piperidine rings is 1. The molecule has 0 N–H and O–H groups in total. The summed E-state index contributed by atoms with van der Waals surface area (Å²) >= 11 is 0. The van der Waals surface area contributed by atoms with E-state index < -0.39 is 0 Å². The molecule has 0 radical (unpaired) electrons. The molecule has 3 rings (SSSR count). The molecule has 0 unspecified atom stereocenters. The van der Waals surface area contributed by atoms with Crippen molar-refractivity contribution in [2.45, 2.75) is 25.7 Å². The Kier molecular flexibility index (Phi) is 3.79. The average Bonchev–Trinajstić information content (AvgIpc) is 2.47. The third kappa shape index (κ3) is 2.73. The van der Waals surface area contributed by atoms with Gasteiger partial charge in [0, 0.05) is 30.4 Å². The molecule has 20 heavy (non-hydrogen) atoms. The zero-order valence-corrected chi connectivity index (χ0v) is 12.2. The van der Waals surface area contributed by atoms with Crippen LogP contribution in [0.3, 0.4) is 0 Å². The van der Waals surface area contributed by atoms with Crippen LogP contribution in [0.15, 0.2) is 36.7 Å². The van der Waals surface area contributed by atoms with Crippen LogP contribution < -0.4 is 0 Å². The zero-order valence-electron chi connectivity index (χ0n) is 12.2. The summed E-state index contributed by atoms with van der Waals surface area (Å²) in [6.45, 7) is 4.39. The van der Waals surface area contributed by atoms with Crippen molar-refractivity contribution in [1.82, 2.24) is 14.9 Å². The summed E-state index contributed by atoms with van der Waals surface area (Å²) in [5, 5.41) is 0. The van der Waals surface area contributed by atoms with Gasteiger partial charge in [0.2, 0.25) is 0 Å². The van der Waals surface area contributed by atoms with Crippen LogP contribution in [0.2, 0.25) is 0 Å². The first-order valence-electron chi connectivity index (χ1n) is 7.30. The van der Waals surface area contributed by atoms with E-state index in [1.54, 1.807) is 6.20 Å². The molecule has 1 fully saturated rings. The zero-order chi connectivity index (χ0) is 13.9. The molecule has 0 bridgehead atoms. The number of aromatic nitrogens is 2. The lowest BCUT2D eigenvalue weighted by Crippen LogP contribution is -2.31. The standard InChI is InChI=1S/C17H21N3/c1-13-5-3-6-14(11-13)16-17(19-9-8-18-16)15-7-4-10-20(2)12-15/h3,5-6,8-9,11,15H,4,7,10,12H2,1-2H3/t15-/m0/s1. The van der Waals surface area contributed by atoms with Crippen molar-refractivity contribution in [3.8, 4) is 11.3 Å². The number of rotatable bonds is 2. The molecule has 0 saturated carbocycles. The van der Waals surface area contributed by atoms with E-state index in [2.05, 4.69) is 53.1 Å². The Morgan fingerprint density at radius 2 is 2.05 bits per heavy atom. The topological polar surface area (TPSA) is 29.0 Å². The average molecular weight is 267 g/mol. The van der Waals surface area contributed by atoms with E-state index in [-0.39, 0.29) is 0 Å². The van der Waals surface area contributed by atoms with E-state index in [1.165, 1.54) is 30.5 Å². The van der Waals surface area contributed by atoms with Crippen LogP contribution in [0.1, 0.15) is 30.0 Å². The highest BCUT2D eigenvalue weighted by Gasteiger charge is 2.23. The van der Waals surface area contributed by atoms with Gasteiger partial charge < -0.3 is 4.90 Å². The molecule has 1 aliphatic heterocycles. The summed E-state index contributed by atoms with van der Waals surface area (Å²) in [6.07, 6.45) is 6.07. The highest BCUT2D eigenvalue weighted by Crippen LogP contribution is 2.31. The molecule has 104 valence electrons.